The van der Waals surface area contributed by atoms with Gasteiger partial charge in [0.25, 0.3) is 0 Å². The van der Waals surface area contributed by atoms with Crippen molar-refractivity contribution in [3.8, 4) is 0 Å². The number of rotatable bonds is 18. The van der Waals surface area contributed by atoms with Crippen molar-refractivity contribution in [2.75, 3.05) is 106 Å². The maximum Gasteiger partial charge on any atom is 0.193 e. The lowest BCUT2D eigenvalue weighted by molar-refractivity contribution is -0.141. The topological polar surface area (TPSA) is 88.2 Å². The monoisotopic (exact) mass is 1050 g/mol. The number of hydrogen-bond donors (Lipinski definition) is 2. The van der Waals surface area contributed by atoms with Crippen molar-refractivity contribution >= 4 is 28.5 Å². The van der Waals surface area contributed by atoms with Crippen LogP contribution in [0.25, 0.3) is 11.1 Å². The summed E-state index contributed by atoms with van der Waals surface area (Å²) in [6, 6.07) is 32.5. The molecule has 2 aliphatic carbocycles. The van der Waals surface area contributed by atoms with Crippen molar-refractivity contribution in [2.24, 2.45) is 34.5 Å². The molecule has 2 N–H and O–H groups in total. The van der Waals surface area contributed by atoms with Gasteiger partial charge in [-0.2, -0.15) is 0 Å². The third-order valence-corrected chi connectivity index (χ3v) is 19.5. The van der Waals surface area contributed by atoms with E-state index < -0.39 is 10.8 Å². The Bertz CT molecular complexity index is 2700. The van der Waals surface area contributed by atoms with Crippen LogP contribution in [-0.4, -0.2) is 143 Å². The number of hydrogen-bond acceptors (Lipinski definition) is 9. The molecule has 0 amide bonds. The maximum atomic E-state index is 18.4. The molecular formula is C69H88N6O3. The van der Waals surface area contributed by atoms with Gasteiger partial charge in [-0.15, -0.1) is 0 Å². The van der Waals surface area contributed by atoms with Crippen LogP contribution in [0.4, 0.5) is 0 Å². The number of Topliss-reactive ketones (excluding diaryl/α,β-unsaturated/α-hetero) is 3. The summed E-state index contributed by atoms with van der Waals surface area (Å²) in [6.45, 7) is 22.0. The van der Waals surface area contributed by atoms with Crippen LogP contribution < -0.4 is 10.6 Å². The molecule has 10 rings (SSSR count). The second-order valence-electron chi connectivity index (χ2n) is 24.3. The summed E-state index contributed by atoms with van der Waals surface area (Å²) in [5, 5.41) is 7.66. The fourth-order valence-corrected chi connectivity index (χ4v) is 14.5. The first-order valence-electron chi connectivity index (χ1n) is 29.9. The molecule has 6 unspecified atom stereocenters. The third-order valence-electron chi connectivity index (χ3n) is 19.5. The van der Waals surface area contributed by atoms with E-state index in [0.717, 1.165) is 164 Å². The first-order valence-corrected chi connectivity index (χ1v) is 29.9. The van der Waals surface area contributed by atoms with Gasteiger partial charge < -0.3 is 30.2 Å². The maximum absolute atomic E-state index is 18.4. The molecule has 9 nitrogen and oxygen atoms in total. The summed E-state index contributed by atoms with van der Waals surface area (Å²) in [4.78, 5) is 60.2. The zero-order valence-corrected chi connectivity index (χ0v) is 47.9. The SMILES string of the molecule is Cc1cccc(C2=CC(C3CCCNC3)C(CCCN3CCN(C)CC3)(C(=O)C3(CCCN4CCN(C)CC4)C=C(C(=O)c4ccccc4)C(c4cccc(C)c4C)=CC3C3CCCNC3)C=C2C(=O)c2ccccc2)c1C. The number of nitrogens with one attached hydrogen (secondary N) is 2. The fourth-order valence-electron chi connectivity index (χ4n) is 14.5. The Labute approximate surface area is 467 Å². The smallest absolute Gasteiger partial charge is 0.193 e. The highest BCUT2D eigenvalue weighted by atomic mass is 16.1. The number of piperazine rings is 2. The number of ketones is 3. The molecule has 4 saturated heterocycles. The number of allylic oxidation sites excluding steroid dienone is 8. The van der Waals surface area contributed by atoms with Gasteiger partial charge in [-0.3, -0.25) is 14.4 Å². The first-order chi connectivity index (χ1) is 37.9. The van der Waals surface area contributed by atoms with Crippen LogP contribution in [0.1, 0.15) is 105 Å². The standard InChI is InChI=1S/C69H88N6O3/c1-49-19-13-27-57(51(49)3)59-43-63(55-25-15-31-70-47-55)68(29-17-33-74-39-35-72(5)36-40-74,45-61(59)65(76)53-21-9-7-10-22-53)67(78)69(30-18-34-75-41-37-73(6)38-42-75)46-62(66(77)54-23-11-8-12-24-54)60(58-28-14-20-50(2)52(58)4)44-64(69)56-26-16-32-71-48-56/h7-14,19-24,27-28,43-46,55-56,63-64,70-71H,15-18,25-26,29-42,47-48H2,1-6H3. The number of carbonyl (C=O) groups is 3. The number of likely N-dealkylation sites (N-methyl/N-ethyl adjacent to an activating group) is 2. The minimum Gasteiger partial charge on any atom is -0.316 e. The van der Waals surface area contributed by atoms with E-state index in [1.54, 1.807) is 0 Å². The normalized spacial score (nSPS) is 26.8. The zero-order valence-electron chi connectivity index (χ0n) is 47.9. The highest BCUT2D eigenvalue weighted by Crippen LogP contribution is 2.59. The average molecular weight is 1050 g/mol. The van der Waals surface area contributed by atoms with E-state index in [0.29, 0.717) is 35.1 Å². The van der Waals surface area contributed by atoms with Crippen molar-refractivity contribution in [1.82, 2.24) is 30.2 Å². The summed E-state index contributed by atoms with van der Waals surface area (Å²) >= 11 is 0. The van der Waals surface area contributed by atoms with E-state index >= 15 is 14.4 Å². The van der Waals surface area contributed by atoms with Crippen molar-refractivity contribution in [3.05, 3.63) is 177 Å². The zero-order chi connectivity index (χ0) is 54.4. The average Bonchev–Trinajstić information content (AvgIpc) is 3.50. The van der Waals surface area contributed by atoms with Crippen LogP contribution in [0.2, 0.25) is 0 Å². The quantitative estimate of drug-likeness (QED) is 0.0946. The molecule has 6 atom stereocenters. The van der Waals surface area contributed by atoms with E-state index in [1.165, 1.54) is 11.1 Å². The van der Waals surface area contributed by atoms with Gasteiger partial charge in [0.1, 0.15) is 0 Å². The van der Waals surface area contributed by atoms with Crippen LogP contribution in [0.15, 0.2) is 133 Å². The first kappa shape index (κ1) is 55.9. The lowest BCUT2D eigenvalue weighted by Gasteiger charge is -2.53. The predicted molar refractivity (Wildman–Crippen MR) is 320 cm³/mol. The van der Waals surface area contributed by atoms with E-state index in [9.17, 15) is 0 Å². The Balaban J connectivity index is 1.25. The minimum absolute atomic E-state index is 0.0485. The van der Waals surface area contributed by atoms with Crippen molar-refractivity contribution in [3.63, 3.8) is 0 Å². The molecule has 9 heteroatoms. The molecule has 412 valence electrons. The summed E-state index contributed by atoms with van der Waals surface area (Å²) < 4.78 is 0. The van der Waals surface area contributed by atoms with Crippen molar-refractivity contribution < 1.29 is 14.4 Å². The van der Waals surface area contributed by atoms with E-state index in [2.05, 4.69) is 133 Å². The van der Waals surface area contributed by atoms with Gasteiger partial charge in [0, 0.05) is 74.6 Å². The lowest BCUT2D eigenvalue weighted by atomic mass is 9.49. The van der Waals surface area contributed by atoms with E-state index in [4.69, 9.17) is 0 Å². The molecule has 0 radical (unpaired) electrons. The second-order valence-corrected chi connectivity index (χ2v) is 24.3. The van der Waals surface area contributed by atoms with Gasteiger partial charge in [0.15, 0.2) is 17.3 Å². The number of carbonyl (C=O) groups excluding carboxylic acids is 3. The summed E-state index contributed by atoms with van der Waals surface area (Å²) in [7, 11) is 4.42. The fraction of sp³-hybridized carbons (Fsp3) is 0.493. The molecule has 78 heavy (non-hydrogen) atoms. The Morgan fingerprint density at radius 2 is 0.910 bits per heavy atom. The molecule has 0 saturated carbocycles. The van der Waals surface area contributed by atoms with E-state index in [-0.39, 0.29) is 41.0 Å². The highest BCUT2D eigenvalue weighted by Gasteiger charge is 2.59. The van der Waals surface area contributed by atoms with Crippen molar-refractivity contribution in [1.29, 1.82) is 0 Å². The lowest BCUT2D eigenvalue weighted by Crippen LogP contribution is -2.56. The van der Waals surface area contributed by atoms with Gasteiger partial charge in [-0.25, -0.2) is 0 Å². The molecule has 4 fully saturated rings. The minimum atomic E-state index is -1.10. The van der Waals surface area contributed by atoms with Crippen LogP contribution >= 0.6 is 0 Å². The van der Waals surface area contributed by atoms with Crippen LogP contribution in [0.5, 0.6) is 0 Å². The third kappa shape index (κ3) is 11.8. The molecule has 0 spiro atoms. The Morgan fingerprint density at radius 3 is 1.28 bits per heavy atom. The highest BCUT2D eigenvalue weighted by molar-refractivity contribution is 6.22. The number of benzene rings is 4. The summed E-state index contributed by atoms with van der Waals surface area (Å²) in [5.41, 5.74) is 8.93. The number of aryl methyl sites for hydroxylation is 2. The predicted octanol–water partition coefficient (Wildman–Crippen LogP) is 10.9. The van der Waals surface area contributed by atoms with Gasteiger partial charge in [-0.05, 0) is 201 Å². The molecule has 6 aliphatic rings. The van der Waals surface area contributed by atoms with Crippen LogP contribution in [0.3, 0.4) is 0 Å². The molecule has 4 aromatic carbocycles. The summed E-state index contributed by atoms with van der Waals surface area (Å²) in [6.07, 6.45) is 16.2. The summed E-state index contributed by atoms with van der Waals surface area (Å²) in [5.74, 6) is -0.0848. The number of nitrogens with zero attached hydrogens (tertiary/aromatic N) is 4. The van der Waals surface area contributed by atoms with Gasteiger partial charge >= 0.3 is 0 Å². The molecule has 0 bridgehead atoms. The second kappa shape index (κ2) is 25.0. The van der Waals surface area contributed by atoms with Crippen LogP contribution in [-0.2, 0) is 4.79 Å². The Hall–Kier alpha value is -5.39. The number of piperidine rings is 2. The Kier molecular flexibility index (Phi) is 17.9. The van der Waals surface area contributed by atoms with Gasteiger partial charge in [0.05, 0.1) is 10.8 Å². The van der Waals surface area contributed by atoms with Crippen molar-refractivity contribution in [2.45, 2.75) is 79.1 Å². The largest absolute Gasteiger partial charge is 0.316 e. The molecule has 0 aromatic heterocycles. The molecule has 4 aromatic rings. The van der Waals surface area contributed by atoms with Crippen LogP contribution in [0, 0.1) is 62.2 Å². The molecular weight excluding hydrogens is 961 g/mol. The molecule has 4 aliphatic heterocycles. The van der Waals surface area contributed by atoms with E-state index in [1.807, 2.05) is 60.7 Å². The van der Waals surface area contributed by atoms with Gasteiger partial charge in [-0.1, -0.05) is 121 Å². The van der Waals surface area contributed by atoms with Gasteiger partial charge in [0.2, 0.25) is 0 Å². The Morgan fingerprint density at radius 1 is 0.513 bits per heavy atom. The molecule has 4 heterocycles.